The van der Waals surface area contributed by atoms with Crippen molar-refractivity contribution in [1.29, 1.82) is 0 Å². The number of hydrogen-bond acceptors (Lipinski definition) is 9. The lowest BCUT2D eigenvalue weighted by atomic mass is 9.80. The van der Waals surface area contributed by atoms with E-state index in [9.17, 15) is 13.2 Å². The van der Waals surface area contributed by atoms with E-state index < -0.39 is 28.0 Å². The second kappa shape index (κ2) is 8.64. The highest BCUT2D eigenvalue weighted by atomic mass is 32.2. The van der Waals surface area contributed by atoms with E-state index in [-0.39, 0.29) is 22.4 Å². The second-order valence-corrected chi connectivity index (χ2v) is 10.5. The molecular formula is C20H29N3O7S. The Hall–Kier alpha value is -2.37. The van der Waals surface area contributed by atoms with Gasteiger partial charge in [-0.3, -0.25) is 0 Å². The highest BCUT2D eigenvalue weighted by Crippen LogP contribution is 2.34. The molecule has 1 saturated heterocycles. The number of piperidine rings is 1. The number of ether oxygens (including phenoxy) is 2. The number of aryl methyl sites for hydroxylation is 2. The summed E-state index contributed by atoms with van der Waals surface area (Å²) < 4.78 is 36.4. The van der Waals surface area contributed by atoms with Crippen LogP contribution in [0.4, 0.5) is 4.79 Å². The van der Waals surface area contributed by atoms with Crippen LogP contribution in [0.25, 0.3) is 0 Å². The minimum atomic E-state index is -3.79. The number of aliphatic imine (C=N–C) groups is 1. The maximum atomic E-state index is 13.2. The zero-order valence-corrected chi connectivity index (χ0v) is 19.2. The van der Waals surface area contributed by atoms with Gasteiger partial charge in [-0.1, -0.05) is 13.8 Å². The van der Waals surface area contributed by atoms with E-state index in [1.54, 1.807) is 26.0 Å². The molecule has 1 aromatic rings. The molecule has 2 unspecified atom stereocenters. The van der Waals surface area contributed by atoms with Crippen molar-refractivity contribution in [1.82, 2.24) is 10.4 Å². The predicted molar refractivity (Wildman–Crippen MR) is 113 cm³/mol. The summed E-state index contributed by atoms with van der Waals surface area (Å²) in [6, 6.07) is 2.84. The van der Waals surface area contributed by atoms with Crippen LogP contribution in [0, 0.1) is 19.3 Å². The first kappa shape index (κ1) is 23.3. The Bertz CT molecular complexity index is 967. The average molecular weight is 456 g/mol. The van der Waals surface area contributed by atoms with Crippen molar-refractivity contribution in [3.8, 4) is 5.75 Å². The zero-order valence-electron chi connectivity index (χ0n) is 18.3. The molecule has 2 aliphatic heterocycles. The smallest absolute Gasteiger partial charge is 0.497 e. The Morgan fingerprint density at radius 2 is 2.00 bits per heavy atom. The molecule has 3 rings (SSSR count). The molecule has 1 aromatic carbocycles. The van der Waals surface area contributed by atoms with Crippen LogP contribution < -0.4 is 10.1 Å². The first-order valence-corrected chi connectivity index (χ1v) is 11.6. The van der Waals surface area contributed by atoms with Crippen LogP contribution >= 0.6 is 0 Å². The van der Waals surface area contributed by atoms with E-state index in [0.717, 1.165) is 0 Å². The average Bonchev–Trinajstić information content (AvgIpc) is 3.00. The first-order chi connectivity index (χ1) is 14.4. The lowest BCUT2D eigenvalue weighted by molar-refractivity contribution is -0.174. The molecule has 2 aliphatic rings. The van der Waals surface area contributed by atoms with E-state index in [4.69, 9.17) is 19.4 Å². The summed E-state index contributed by atoms with van der Waals surface area (Å²) in [6.07, 6.45) is -2.00. The molecule has 31 heavy (non-hydrogen) atoms. The molecule has 2 heterocycles. The molecule has 2 atom stereocenters. The third kappa shape index (κ3) is 4.94. The molecular weight excluding hydrogens is 426 g/mol. The molecule has 0 aliphatic carbocycles. The van der Waals surface area contributed by atoms with E-state index in [0.29, 0.717) is 36.4 Å². The minimum absolute atomic E-state index is 0.188. The summed E-state index contributed by atoms with van der Waals surface area (Å²) in [5, 5.41) is 13.7. The van der Waals surface area contributed by atoms with Crippen LogP contribution in [-0.4, -0.2) is 69.0 Å². The van der Waals surface area contributed by atoms with E-state index in [1.807, 2.05) is 13.8 Å². The lowest BCUT2D eigenvalue weighted by Gasteiger charge is -2.43. The highest BCUT2D eigenvalue weighted by Gasteiger charge is 2.44. The number of benzene rings is 1. The number of hydroxylamine groups is 2. The lowest BCUT2D eigenvalue weighted by Crippen LogP contribution is -2.55. The Kier molecular flexibility index (Phi) is 6.49. The maximum absolute atomic E-state index is 13.2. The number of carbonyl (C=O) groups is 1. The predicted octanol–water partition coefficient (Wildman–Crippen LogP) is 2.10. The van der Waals surface area contributed by atoms with Crippen molar-refractivity contribution in [2.75, 3.05) is 26.0 Å². The molecule has 1 fully saturated rings. The van der Waals surface area contributed by atoms with E-state index >= 15 is 0 Å². The van der Waals surface area contributed by atoms with Gasteiger partial charge in [-0.15, -0.1) is 0 Å². The molecule has 172 valence electrons. The molecule has 10 nitrogen and oxygen atoms in total. The number of carboxylic acid groups (broad SMARTS) is 1. The van der Waals surface area contributed by atoms with Crippen molar-refractivity contribution in [3.05, 3.63) is 23.3 Å². The third-order valence-electron chi connectivity index (χ3n) is 5.56. The Morgan fingerprint density at radius 3 is 2.55 bits per heavy atom. The van der Waals surface area contributed by atoms with E-state index in [1.165, 1.54) is 12.2 Å². The Morgan fingerprint density at radius 1 is 1.35 bits per heavy atom. The van der Waals surface area contributed by atoms with Crippen LogP contribution in [0.1, 0.15) is 31.4 Å². The number of methoxy groups -OCH3 is 1. The second-order valence-electron chi connectivity index (χ2n) is 8.51. The summed E-state index contributed by atoms with van der Waals surface area (Å²) in [7, 11) is -2.28. The van der Waals surface area contributed by atoms with Crippen LogP contribution in [-0.2, 0) is 19.4 Å². The standard InChI is InChI=1S/C20H29N3O7S/c1-12-8-14(28-5)9-13(2)17(12)31(26,27)10-16-22-18(29-19(24)25)23(30-16)15-6-7-21-11-20(15,3)4/h8-9,15-16,21H,6-7,10-11H2,1-5H3,(H,24,25). The summed E-state index contributed by atoms with van der Waals surface area (Å²) in [6.45, 7) is 8.82. The number of hydrogen-bond donors (Lipinski definition) is 2. The van der Waals surface area contributed by atoms with Gasteiger partial charge in [0.2, 0.25) is 0 Å². The van der Waals surface area contributed by atoms with Crippen molar-refractivity contribution in [3.63, 3.8) is 0 Å². The van der Waals surface area contributed by atoms with Crippen LogP contribution in [0.5, 0.6) is 5.75 Å². The van der Waals surface area contributed by atoms with Gasteiger partial charge in [0.05, 0.1) is 18.0 Å². The Labute approximate surface area is 182 Å². The fourth-order valence-corrected chi connectivity index (χ4v) is 5.96. The van der Waals surface area contributed by atoms with Gasteiger partial charge >= 0.3 is 12.2 Å². The first-order valence-electron chi connectivity index (χ1n) is 9.98. The van der Waals surface area contributed by atoms with Gasteiger partial charge < -0.3 is 19.9 Å². The Balaban J connectivity index is 1.88. The van der Waals surface area contributed by atoms with Gasteiger partial charge in [0.15, 0.2) is 16.1 Å². The van der Waals surface area contributed by atoms with Gasteiger partial charge in [-0.05, 0) is 50.1 Å². The number of nitrogens with one attached hydrogen (secondary N) is 1. The van der Waals surface area contributed by atoms with Crippen molar-refractivity contribution in [2.24, 2.45) is 10.4 Å². The monoisotopic (exact) mass is 455 g/mol. The van der Waals surface area contributed by atoms with Gasteiger partial charge in [0.1, 0.15) is 11.5 Å². The summed E-state index contributed by atoms with van der Waals surface area (Å²) in [4.78, 5) is 21.4. The largest absolute Gasteiger partial charge is 0.513 e. The summed E-state index contributed by atoms with van der Waals surface area (Å²) >= 11 is 0. The normalized spacial score (nSPS) is 23.4. The minimum Gasteiger partial charge on any atom is -0.497 e. The molecule has 11 heteroatoms. The quantitative estimate of drug-likeness (QED) is 0.642. The molecule has 0 radical (unpaired) electrons. The molecule has 0 saturated carbocycles. The van der Waals surface area contributed by atoms with Crippen LogP contribution in [0.15, 0.2) is 22.0 Å². The fraction of sp³-hybridized carbons (Fsp3) is 0.600. The zero-order chi connectivity index (χ0) is 23.0. The number of nitrogens with zero attached hydrogens (tertiary/aromatic N) is 2. The third-order valence-corrected chi connectivity index (χ3v) is 7.55. The maximum Gasteiger partial charge on any atom is 0.513 e. The number of amidine groups is 1. The van der Waals surface area contributed by atoms with Crippen LogP contribution in [0.3, 0.4) is 0 Å². The van der Waals surface area contributed by atoms with Crippen molar-refractivity contribution < 1.29 is 32.6 Å². The number of sulfone groups is 1. The molecule has 2 N–H and O–H groups in total. The van der Waals surface area contributed by atoms with Gasteiger partial charge in [0.25, 0.3) is 0 Å². The molecule has 0 aromatic heterocycles. The fourth-order valence-electron chi connectivity index (χ4n) is 4.19. The SMILES string of the molecule is COc1cc(C)c(S(=O)(=O)CC2N=C(OC(=O)O)N(C3CCNCC3(C)C)O2)c(C)c1. The van der Waals surface area contributed by atoms with Crippen LogP contribution in [0.2, 0.25) is 0 Å². The summed E-state index contributed by atoms with van der Waals surface area (Å²) in [5.74, 6) is 0.121. The van der Waals surface area contributed by atoms with Gasteiger partial charge in [0, 0.05) is 12.0 Å². The van der Waals surface area contributed by atoms with Gasteiger partial charge in [-0.2, -0.15) is 10.1 Å². The highest BCUT2D eigenvalue weighted by molar-refractivity contribution is 7.91. The molecule has 0 spiro atoms. The molecule has 0 bridgehead atoms. The topological polar surface area (TPSA) is 127 Å². The number of rotatable bonds is 5. The summed E-state index contributed by atoms with van der Waals surface area (Å²) in [5.41, 5.74) is 0.826. The van der Waals surface area contributed by atoms with Crippen molar-refractivity contribution in [2.45, 2.75) is 51.3 Å². The van der Waals surface area contributed by atoms with Gasteiger partial charge in [-0.25, -0.2) is 18.0 Å². The van der Waals surface area contributed by atoms with E-state index in [2.05, 4.69) is 10.3 Å². The van der Waals surface area contributed by atoms with Crippen molar-refractivity contribution >= 4 is 22.0 Å². The molecule has 0 amide bonds.